The summed E-state index contributed by atoms with van der Waals surface area (Å²) in [6.07, 6.45) is 0.493. The molecule has 0 aliphatic carbocycles. The highest BCUT2D eigenvalue weighted by atomic mass is 79.9. The van der Waals surface area contributed by atoms with Crippen LogP contribution in [0.4, 0.5) is 0 Å². The number of rotatable bonds is 10. The third kappa shape index (κ3) is 8.31. The van der Waals surface area contributed by atoms with E-state index in [9.17, 15) is 9.59 Å². The van der Waals surface area contributed by atoms with E-state index in [0.717, 1.165) is 15.6 Å². The summed E-state index contributed by atoms with van der Waals surface area (Å²) in [7, 11) is 0. The molecule has 0 saturated carbocycles. The van der Waals surface area contributed by atoms with Gasteiger partial charge in [-0.05, 0) is 69.1 Å². The maximum absolute atomic E-state index is 13.3. The number of carbonyl (C=O) groups excluding carboxylic acids is 2. The summed E-state index contributed by atoms with van der Waals surface area (Å²) in [6, 6.07) is 12.6. The van der Waals surface area contributed by atoms with Crippen molar-refractivity contribution in [2.75, 3.05) is 13.2 Å². The summed E-state index contributed by atoms with van der Waals surface area (Å²) in [5.74, 6) is 0.492. The second kappa shape index (κ2) is 12.6. The molecule has 5 nitrogen and oxygen atoms in total. The fraction of sp³-hybridized carbons (Fsp3) is 0.481. The third-order valence-corrected chi connectivity index (χ3v) is 6.36. The van der Waals surface area contributed by atoms with Crippen LogP contribution in [0.5, 0.6) is 5.75 Å². The highest BCUT2D eigenvalue weighted by Crippen LogP contribution is 2.31. The molecule has 0 spiro atoms. The number of benzene rings is 2. The smallest absolute Gasteiger partial charge is 0.261 e. The molecule has 0 saturated heterocycles. The molecule has 2 aromatic carbocycles. The Morgan fingerprint density at radius 2 is 1.76 bits per heavy atom. The molecule has 2 amide bonds. The summed E-state index contributed by atoms with van der Waals surface area (Å²) < 4.78 is 6.68. The van der Waals surface area contributed by atoms with Crippen molar-refractivity contribution < 1.29 is 14.3 Å². The number of nitrogens with one attached hydrogen (secondary N) is 1. The molecule has 7 heteroatoms. The van der Waals surface area contributed by atoms with Gasteiger partial charge in [-0.2, -0.15) is 0 Å². The number of halogens is 2. The van der Waals surface area contributed by atoms with E-state index in [2.05, 4.69) is 42.0 Å². The van der Waals surface area contributed by atoms with E-state index < -0.39 is 6.04 Å². The Hall–Kier alpha value is -2.05. The van der Waals surface area contributed by atoms with Gasteiger partial charge in [0, 0.05) is 18.1 Å². The lowest BCUT2D eigenvalue weighted by atomic mass is 9.87. The van der Waals surface area contributed by atoms with Crippen LogP contribution in [0.15, 0.2) is 46.9 Å². The van der Waals surface area contributed by atoms with Crippen LogP contribution in [-0.2, 0) is 21.5 Å². The molecule has 0 fully saturated rings. The molecule has 2 aromatic rings. The first-order valence-corrected chi connectivity index (χ1v) is 12.8. The molecule has 0 radical (unpaired) electrons. The number of carbonyl (C=O) groups is 2. The molecular formula is C27H36BrClN2O3. The Bertz CT molecular complexity index is 971. The molecule has 0 bridgehead atoms. The number of amides is 2. The van der Waals surface area contributed by atoms with Crippen LogP contribution in [0.2, 0.25) is 5.02 Å². The standard InChI is InChI=1S/C27H36BrClN2O3/c1-7-23(26(33)30-15-18(2)3)31(16-19-8-11-21(29)12-9-19)25(32)17-34-24-13-10-20(14-22(24)28)27(4,5)6/h8-14,18,23H,7,15-17H2,1-6H3,(H,30,33)/t23-/m1/s1. The van der Waals surface area contributed by atoms with Crippen molar-refractivity contribution >= 4 is 39.3 Å². The monoisotopic (exact) mass is 550 g/mol. The first kappa shape index (κ1) is 28.2. The van der Waals surface area contributed by atoms with Gasteiger partial charge in [-0.25, -0.2) is 0 Å². The van der Waals surface area contributed by atoms with Crippen molar-refractivity contribution in [3.63, 3.8) is 0 Å². The first-order valence-electron chi connectivity index (χ1n) is 11.7. The van der Waals surface area contributed by atoms with Gasteiger partial charge < -0.3 is 15.0 Å². The molecule has 34 heavy (non-hydrogen) atoms. The van der Waals surface area contributed by atoms with Gasteiger partial charge in [-0.3, -0.25) is 9.59 Å². The van der Waals surface area contributed by atoms with E-state index in [-0.39, 0.29) is 30.4 Å². The van der Waals surface area contributed by atoms with Gasteiger partial charge in [0.25, 0.3) is 5.91 Å². The summed E-state index contributed by atoms with van der Waals surface area (Å²) in [4.78, 5) is 27.9. The maximum atomic E-state index is 13.3. The van der Waals surface area contributed by atoms with E-state index >= 15 is 0 Å². The molecule has 0 unspecified atom stereocenters. The summed E-state index contributed by atoms with van der Waals surface area (Å²) in [5, 5.41) is 3.58. The van der Waals surface area contributed by atoms with Gasteiger partial charge in [0.2, 0.25) is 5.91 Å². The number of hydrogen-bond donors (Lipinski definition) is 1. The van der Waals surface area contributed by atoms with Crippen LogP contribution < -0.4 is 10.1 Å². The van der Waals surface area contributed by atoms with Crippen LogP contribution in [0.3, 0.4) is 0 Å². The molecular weight excluding hydrogens is 516 g/mol. The number of nitrogens with zero attached hydrogens (tertiary/aromatic N) is 1. The average molecular weight is 552 g/mol. The predicted molar refractivity (Wildman–Crippen MR) is 142 cm³/mol. The minimum absolute atomic E-state index is 0.00391. The van der Waals surface area contributed by atoms with Gasteiger partial charge in [-0.15, -0.1) is 0 Å². The summed E-state index contributed by atoms with van der Waals surface area (Å²) in [5.41, 5.74) is 2.06. The van der Waals surface area contributed by atoms with Gasteiger partial charge in [0.15, 0.2) is 6.61 Å². The fourth-order valence-electron chi connectivity index (χ4n) is 3.44. The highest BCUT2D eigenvalue weighted by molar-refractivity contribution is 9.10. The van der Waals surface area contributed by atoms with Crippen molar-refractivity contribution in [1.29, 1.82) is 0 Å². The van der Waals surface area contributed by atoms with Gasteiger partial charge in [-0.1, -0.05) is 71.3 Å². The zero-order valence-corrected chi connectivity index (χ0v) is 23.3. The predicted octanol–water partition coefficient (Wildman–Crippen LogP) is 6.36. The highest BCUT2D eigenvalue weighted by Gasteiger charge is 2.29. The van der Waals surface area contributed by atoms with Crippen molar-refractivity contribution in [1.82, 2.24) is 10.2 Å². The minimum Gasteiger partial charge on any atom is -0.483 e. The Morgan fingerprint density at radius 3 is 2.29 bits per heavy atom. The topological polar surface area (TPSA) is 58.6 Å². The Morgan fingerprint density at radius 1 is 1.12 bits per heavy atom. The zero-order valence-electron chi connectivity index (χ0n) is 21.0. The Balaban J connectivity index is 2.22. The molecule has 0 heterocycles. The van der Waals surface area contributed by atoms with Crippen molar-refractivity contribution in [3.05, 3.63) is 63.1 Å². The summed E-state index contributed by atoms with van der Waals surface area (Å²) in [6.45, 7) is 13.1. The lowest BCUT2D eigenvalue weighted by Gasteiger charge is -2.31. The Labute approximate surface area is 217 Å². The van der Waals surface area contributed by atoms with Crippen molar-refractivity contribution in [2.24, 2.45) is 5.92 Å². The Kier molecular flexibility index (Phi) is 10.4. The van der Waals surface area contributed by atoms with E-state index in [1.807, 2.05) is 51.1 Å². The van der Waals surface area contributed by atoms with E-state index in [1.165, 1.54) is 0 Å². The van der Waals surface area contributed by atoms with Crippen LogP contribution in [0.25, 0.3) is 0 Å². The molecule has 0 aliphatic heterocycles. The molecule has 0 aromatic heterocycles. The van der Waals surface area contributed by atoms with Crippen molar-refractivity contribution in [3.8, 4) is 5.75 Å². The number of hydrogen-bond acceptors (Lipinski definition) is 3. The minimum atomic E-state index is -0.600. The van der Waals surface area contributed by atoms with E-state index in [1.54, 1.807) is 17.0 Å². The largest absolute Gasteiger partial charge is 0.483 e. The SMILES string of the molecule is CC[C@H](C(=O)NCC(C)C)N(Cc1ccc(Cl)cc1)C(=O)COc1ccc(C(C)(C)C)cc1Br. The summed E-state index contributed by atoms with van der Waals surface area (Å²) >= 11 is 9.58. The second-order valence-electron chi connectivity index (χ2n) is 9.90. The number of ether oxygens (including phenoxy) is 1. The average Bonchev–Trinajstić information content (AvgIpc) is 2.77. The lowest BCUT2D eigenvalue weighted by Crippen LogP contribution is -2.50. The van der Waals surface area contributed by atoms with Crippen molar-refractivity contribution in [2.45, 2.75) is 66.0 Å². The van der Waals surface area contributed by atoms with Crippen LogP contribution in [-0.4, -0.2) is 35.9 Å². The van der Waals surface area contributed by atoms with E-state index in [0.29, 0.717) is 29.7 Å². The molecule has 2 rings (SSSR count). The molecule has 186 valence electrons. The van der Waals surface area contributed by atoms with E-state index in [4.69, 9.17) is 16.3 Å². The maximum Gasteiger partial charge on any atom is 0.261 e. The lowest BCUT2D eigenvalue weighted by molar-refractivity contribution is -0.143. The van der Waals surface area contributed by atoms with Crippen LogP contribution >= 0.6 is 27.5 Å². The first-order chi connectivity index (χ1) is 15.9. The zero-order chi connectivity index (χ0) is 25.5. The third-order valence-electron chi connectivity index (χ3n) is 5.49. The quantitative estimate of drug-likeness (QED) is 0.374. The van der Waals surface area contributed by atoms with Gasteiger partial charge in [0.05, 0.1) is 4.47 Å². The van der Waals surface area contributed by atoms with Gasteiger partial charge in [0.1, 0.15) is 11.8 Å². The fourth-order valence-corrected chi connectivity index (χ4v) is 4.05. The van der Waals surface area contributed by atoms with Crippen LogP contribution in [0, 0.1) is 5.92 Å². The molecule has 1 N–H and O–H groups in total. The normalized spacial score (nSPS) is 12.4. The molecule has 1 atom stereocenters. The van der Waals surface area contributed by atoms with Gasteiger partial charge >= 0.3 is 0 Å². The van der Waals surface area contributed by atoms with Crippen LogP contribution in [0.1, 0.15) is 59.1 Å². The second-order valence-corrected chi connectivity index (χ2v) is 11.2. The molecule has 0 aliphatic rings.